The first-order chi connectivity index (χ1) is 7.67. The van der Waals surface area contributed by atoms with Crippen LogP contribution in [0, 0.1) is 0 Å². The SMILES string of the molecule is COc1cc(CCN)ccc1OCC(=O)O. The molecule has 0 atom stereocenters. The van der Waals surface area contributed by atoms with Crippen LogP contribution in [0.5, 0.6) is 11.5 Å². The average molecular weight is 225 g/mol. The van der Waals surface area contributed by atoms with Crippen molar-refractivity contribution in [1.82, 2.24) is 0 Å². The van der Waals surface area contributed by atoms with Crippen molar-refractivity contribution >= 4 is 5.97 Å². The zero-order valence-corrected chi connectivity index (χ0v) is 9.10. The number of ether oxygens (including phenoxy) is 2. The van der Waals surface area contributed by atoms with Gasteiger partial charge < -0.3 is 20.3 Å². The van der Waals surface area contributed by atoms with Crippen LogP contribution in [0.1, 0.15) is 5.56 Å². The van der Waals surface area contributed by atoms with E-state index in [0.717, 1.165) is 12.0 Å². The lowest BCUT2D eigenvalue weighted by Gasteiger charge is -2.10. The third kappa shape index (κ3) is 3.43. The molecule has 0 aliphatic heterocycles. The Balaban J connectivity index is 2.80. The van der Waals surface area contributed by atoms with E-state index in [1.807, 2.05) is 6.07 Å². The Morgan fingerprint density at radius 2 is 2.19 bits per heavy atom. The van der Waals surface area contributed by atoms with Crippen molar-refractivity contribution in [2.45, 2.75) is 6.42 Å². The van der Waals surface area contributed by atoms with E-state index in [1.54, 1.807) is 12.1 Å². The summed E-state index contributed by atoms with van der Waals surface area (Å²) in [5.41, 5.74) is 6.47. The Morgan fingerprint density at radius 1 is 1.44 bits per heavy atom. The van der Waals surface area contributed by atoms with Crippen molar-refractivity contribution in [2.75, 3.05) is 20.3 Å². The second-order valence-electron chi connectivity index (χ2n) is 3.21. The van der Waals surface area contributed by atoms with Gasteiger partial charge in [-0.15, -0.1) is 0 Å². The first kappa shape index (κ1) is 12.3. The van der Waals surface area contributed by atoms with Gasteiger partial charge in [0.15, 0.2) is 18.1 Å². The monoisotopic (exact) mass is 225 g/mol. The second kappa shape index (κ2) is 5.97. The molecule has 3 N–H and O–H groups in total. The molecule has 0 spiro atoms. The van der Waals surface area contributed by atoms with Gasteiger partial charge in [0.25, 0.3) is 0 Å². The van der Waals surface area contributed by atoms with Gasteiger partial charge in [0, 0.05) is 0 Å². The molecule has 0 aliphatic carbocycles. The van der Waals surface area contributed by atoms with Crippen LogP contribution < -0.4 is 15.2 Å². The molecule has 5 nitrogen and oxygen atoms in total. The number of carboxylic acids is 1. The summed E-state index contributed by atoms with van der Waals surface area (Å²) in [6.07, 6.45) is 0.746. The van der Waals surface area contributed by atoms with E-state index in [2.05, 4.69) is 0 Å². The number of hydrogen-bond donors (Lipinski definition) is 2. The molecule has 1 aromatic rings. The normalized spacial score (nSPS) is 9.88. The molecular weight excluding hydrogens is 210 g/mol. The van der Waals surface area contributed by atoms with Crippen molar-refractivity contribution < 1.29 is 19.4 Å². The molecule has 0 radical (unpaired) electrons. The topological polar surface area (TPSA) is 81.8 Å². The standard InChI is InChI=1S/C11H15NO4/c1-15-10-6-8(4-5-12)2-3-9(10)16-7-11(13)14/h2-3,6H,4-5,7,12H2,1H3,(H,13,14). The summed E-state index contributed by atoms with van der Waals surface area (Å²) in [5, 5.41) is 8.49. The summed E-state index contributed by atoms with van der Waals surface area (Å²) in [4.78, 5) is 10.4. The van der Waals surface area contributed by atoms with E-state index in [-0.39, 0.29) is 6.61 Å². The van der Waals surface area contributed by atoms with Gasteiger partial charge in [0.2, 0.25) is 0 Å². The number of carbonyl (C=O) groups is 1. The van der Waals surface area contributed by atoms with Gasteiger partial charge in [0.05, 0.1) is 7.11 Å². The highest BCUT2D eigenvalue weighted by Crippen LogP contribution is 2.28. The first-order valence-electron chi connectivity index (χ1n) is 4.89. The van der Waals surface area contributed by atoms with E-state index in [0.29, 0.717) is 18.0 Å². The maximum absolute atomic E-state index is 10.4. The number of carboxylic acid groups (broad SMARTS) is 1. The predicted octanol–water partition coefficient (Wildman–Crippen LogP) is 0.660. The molecule has 0 heterocycles. The van der Waals surface area contributed by atoms with Crippen molar-refractivity contribution in [3.8, 4) is 11.5 Å². The van der Waals surface area contributed by atoms with Crippen LogP contribution in [0.15, 0.2) is 18.2 Å². The van der Waals surface area contributed by atoms with Gasteiger partial charge in [-0.1, -0.05) is 6.07 Å². The number of rotatable bonds is 6. The molecule has 0 saturated carbocycles. The van der Waals surface area contributed by atoms with Crippen molar-refractivity contribution in [1.29, 1.82) is 0 Å². The zero-order valence-electron chi connectivity index (χ0n) is 9.10. The van der Waals surface area contributed by atoms with Gasteiger partial charge in [0.1, 0.15) is 0 Å². The van der Waals surface area contributed by atoms with Crippen LogP contribution in [0.2, 0.25) is 0 Å². The first-order valence-corrected chi connectivity index (χ1v) is 4.89. The zero-order chi connectivity index (χ0) is 12.0. The molecule has 0 bridgehead atoms. The Hall–Kier alpha value is -1.75. The van der Waals surface area contributed by atoms with Crippen LogP contribution in [-0.2, 0) is 11.2 Å². The maximum Gasteiger partial charge on any atom is 0.341 e. The summed E-state index contributed by atoms with van der Waals surface area (Å²) >= 11 is 0. The lowest BCUT2D eigenvalue weighted by atomic mass is 10.1. The molecule has 0 unspecified atom stereocenters. The molecule has 0 fully saturated rings. The Kier molecular flexibility index (Phi) is 4.60. The van der Waals surface area contributed by atoms with Crippen LogP contribution >= 0.6 is 0 Å². The number of methoxy groups -OCH3 is 1. The highest BCUT2D eigenvalue weighted by atomic mass is 16.5. The highest BCUT2D eigenvalue weighted by molar-refractivity contribution is 5.68. The predicted molar refractivity (Wildman–Crippen MR) is 58.9 cm³/mol. The molecule has 16 heavy (non-hydrogen) atoms. The van der Waals surface area contributed by atoms with Crippen LogP contribution in [0.3, 0.4) is 0 Å². The van der Waals surface area contributed by atoms with E-state index in [4.69, 9.17) is 20.3 Å². The minimum absolute atomic E-state index is 0.382. The number of benzene rings is 1. The molecule has 0 aromatic heterocycles. The summed E-state index contributed by atoms with van der Waals surface area (Å²) in [7, 11) is 1.51. The Labute approximate surface area is 93.8 Å². The Bertz CT molecular complexity index is 365. The highest BCUT2D eigenvalue weighted by Gasteiger charge is 2.07. The average Bonchev–Trinajstić information content (AvgIpc) is 2.27. The fraction of sp³-hybridized carbons (Fsp3) is 0.364. The molecule has 88 valence electrons. The molecule has 1 aromatic carbocycles. The summed E-state index contributed by atoms with van der Waals surface area (Å²) in [6.45, 7) is 0.172. The van der Waals surface area contributed by atoms with Crippen LogP contribution in [0.4, 0.5) is 0 Å². The van der Waals surface area contributed by atoms with E-state index in [9.17, 15) is 4.79 Å². The summed E-state index contributed by atoms with van der Waals surface area (Å²) in [5.74, 6) is -0.0778. The number of hydrogen-bond acceptors (Lipinski definition) is 4. The fourth-order valence-corrected chi connectivity index (χ4v) is 1.29. The van der Waals surface area contributed by atoms with E-state index in [1.165, 1.54) is 7.11 Å². The minimum Gasteiger partial charge on any atom is -0.493 e. The van der Waals surface area contributed by atoms with Crippen LogP contribution in [-0.4, -0.2) is 31.3 Å². The third-order valence-corrected chi connectivity index (χ3v) is 2.01. The second-order valence-corrected chi connectivity index (χ2v) is 3.21. The lowest BCUT2D eigenvalue weighted by Crippen LogP contribution is -2.10. The smallest absolute Gasteiger partial charge is 0.341 e. The van der Waals surface area contributed by atoms with Gasteiger partial charge in [-0.25, -0.2) is 4.79 Å². The lowest BCUT2D eigenvalue weighted by molar-refractivity contribution is -0.139. The summed E-state index contributed by atoms with van der Waals surface area (Å²) < 4.78 is 10.2. The summed E-state index contributed by atoms with van der Waals surface area (Å²) in [6, 6.07) is 5.32. The van der Waals surface area contributed by atoms with E-state index < -0.39 is 5.97 Å². The quantitative estimate of drug-likeness (QED) is 0.743. The maximum atomic E-state index is 10.4. The van der Waals surface area contributed by atoms with Crippen molar-refractivity contribution in [2.24, 2.45) is 5.73 Å². The van der Waals surface area contributed by atoms with Gasteiger partial charge >= 0.3 is 5.97 Å². The molecule has 0 saturated heterocycles. The fourth-order valence-electron chi connectivity index (χ4n) is 1.29. The largest absolute Gasteiger partial charge is 0.493 e. The minimum atomic E-state index is -1.02. The van der Waals surface area contributed by atoms with Crippen molar-refractivity contribution in [3.63, 3.8) is 0 Å². The Morgan fingerprint density at radius 3 is 2.75 bits per heavy atom. The van der Waals surface area contributed by atoms with Gasteiger partial charge in [-0.3, -0.25) is 0 Å². The number of aliphatic carboxylic acids is 1. The van der Waals surface area contributed by atoms with Crippen LogP contribution in [0.25, 0.3) is 0 Å². The van der Waals surface area contributed by atoms with Gasteiger partial charge in [-0.05, 0) is 30.7 Å². The van der Waals surface area contributed by atoms with Crippen molar-refractivity contribution in [3.05, 3.63) is 23.8 Å². The molecule has 0 aliphatic rings. The van der Waals surface area contributed by atoms with E-state index >= 15 is 0 Å². The third-order valence-electron chi connectivity index (χ3n) is 2.01. The molecule has 5 heteroatoms. The molecule has 1 rings (SSSR count). The number of nitrogens with two attached hydrogens (primary N) is 1. The van der Waals surface area contributed by atoms with Gasteiger partial charge in [-0.2, -0.15) is 0 Å². The molecular formula is C11H15NO4. The molecule has 0 amide bonds.